The van der Waals surface area contributed by atoms with Gasteiger partial charge in [0, 0.05) is 13.1 Å². The van der Waals surface area contributed by atoms with Crippen molar-refractivity contribution in [2.75, 3.05) is 42.3 Å². The maximum atomic E-state index is 12.8. The molecule has 242 valence electrons. The summed E-state index contributed by atoms with van der Waals surface area (Å²) in [7, 11) is 1.25. The minimum absolute atomic E-state index is 0. The second-order valence-corrected chi connectivity index (χ2v) is 10.5. The first-order valence-electron chi connectivity index (χ1n) is 13.6. The van der Waals surface area contributed by atoms with Gasteiger partial charge < -0.3 is 36.1 Å². The molecule has 1 unspecified atom stereocenters. The van der Waals surface area contributed by atoms with E-state index in [1.165, 1.54) is 17.8 Å². The predicted octanol–water partition coefficient (Wildman–Crippen LogP) is 3.37. The van der Waals surface area contributed by atoms with Gasteiger partial charge >= 0.3 is 12.1 Å². The van der Waals surface area contributed by atoms with Gasteiger partial charge in [-0.2, -0.15) is 20.0 Å². The molecule has 3 heterocycles. The van der Waals surface area contributed by atoms with E-state index >= 15 is 0 Å². The number of nitriles is 2. The zero-order valence-electron chi connectivity index (χ0n) is 24.9. The van der Waals surface area contributed by atoms with Crippen molar-refractivity contribution in [1.82, 2.24) is 24.9 Å². The maximum absolute atomic E-state index is 12.8. The molecule has 1 aliphatic rings. The van der Waals surface area contributed by atoms with Gasteiger partial charge in [0.1, 0.15) is 18.2 Å². The molecule has 1 fully saturated rings. The number of nitrogens with two attached hydrogens (primary N) is 1. The molecule has 18 heteroatoms. The van der Waals surface area contributed by atoms with Crippen LogP contribution in [0, 0.1) is 28.6 Å². The quantitative estimate of drug-likeness (QED) is 0.239. The number of hydrogen-bond acceptors (Lipinski definition) is 13. The summed E-state index contributed by atoms with van der Waals surface area (Å²) in [6.07, 6.45) is 0.326. The van der Waals surface area contributed by atoms with Crippen LogP contribution in [0.5, 0.6) is 0 Å². The number of benzene rings is 1. The Bertz CT molecular complexity index is 1610. The smallest absolute Gasteiger partial charge is 0.407 e. The third-order valence-corrected chi connectivity index (χ3v) is 7.29. The first-order valence-corrected chi connectivity index (χ1v) is 13.9. The molecule has 15 nitrogen and oxygen atoms in total. The van der Waals surface area contributed by atoms with Crippen LogP contribution in [0.1, 0.15) is 38.4 Å². The molecular weight excluding hydrogens is 649 g/mol. The molecule has 0 spiro atoms. The molecule has 1 amide bonds. The van der Waals surface area contributed by atoms with Gasteiger partial charge in [0.15, 0.2) is 17.2 Å². The maximum Gasteiger partial charge on any atom is 0.407 e. The molecule has 0 bridgehead atoms. The molecule has 0 saturated carbocycles. The molecule has 0 aliphatic carbocycles. The van der Waals surface area contributed by atoms with Crippen LogP contribution in [0.4, 0.5) is 27.9 Å². The molecule has 1 aliphatic heterocycles. The molecule has 0 radical (unpaired) electrons. The minimum Gasteiger partial charge on any atom is -0.457 e. The number of alkyl carbamates (subject to hydrolysis) is 1. The van der Waals surface area contributed by atoms with Crippen molar-refractivity contribution >= 4 is 77.3 Å². The number of piperidine rings is 1. The number of esters is 1. The summed E-state index contributed by atoms with van der Waals surface area (Å²) in [6.45, 7) is 6.60. The van der Waals surface area contributed by atoms with Gasteiger partial charge in [0.2, 0.25) is 5.95 Å². The van der Waals surface area contributed by atoms with Gasteiger partial charge in [0.05, 0.1) is 53.9 Å². The van der Waals surface area contributed by atoms with Gasteiger partial charge in [-0.25, -0.2) is 9.78 Å². The van der Waals surface area contributed by atoms with E-state index in [0.29, 0.717) is 47.9 Å². The number of halogens is 3. The standard InChI is InChI=1S/C27H32ClN11O4.2ClH/c1-5-32-23-24-33-12-16(11-30)39(24)37-26(36-23)34-18-8-15(10-29)9-19(21(18)28)38-7-6-17(35-27(41)42-4)20(13-38)43-25(40)22(31)14(2)3;;/h8-9,12,14,17,20,22H,5-7,13,31H2,1-4H3,(H,35,41)(H2,32,34,36,37);2*1H/t17-,20-,22?;;/m1../s1. The van der Waals surface area contributed by atoms with Crippen molar-refractivity contribution in [2.24, 2.45) is 11.7 Å². The average Bonchev–Trinajstić information content (AvgIpc) is 3.41. The predicted molar refractivity (Wildman–Crippen MR) is 172 cm³/mol. The van der Waals surface area contributed by atoms with Crippen molar-refractivity contribution in [1.29, 1.82) is 10.5 Å². The van der Waals surface area contributed by atoms with E-state index in [-0.39, 0.29) is 53.9 Å². The lowest BCUT2D eigenvalue weighted by atomic mass is 9.99. The average molecular weight is 683 g/mol. The van der Waals surface area contributed by atoms with Gasteiger partial charge in [-0.3, -0.25) is 4.79 Å². The molecular formula is C27H34Cl3N11O4. The van der Waals surface area contributed by atoms with E-state index in [1.807, 2.05) is 31.7 Å². The number of ether oxygens (including phenoxy) is 2. The fraction of sp³-hybridized carbons (Fsp3) is 0.444. The minimum atomic E-state index is -0.850. The van der Waals surface area contributed by atoms with E-state index in [1.54, 1.807) is 12.1 Å². The number of aromatic nitrogens is 4. The molecule has 4 rings (SSSR count). The van der Waals surface area contributed by atoms with E-state index < -0.39 is 30.3 Å². The van der Waals surface area contributed by atoms with Crippen LogP contribution in [0.3, 0.4) is 0 Å². The van der Waals surface area contributed by atoms with E-state index in [2.05, 4.69) is 37.1 Å². The largest absolute Gasteiger partial charge is 0.457 e. The number of carbonyl (C=O) groups excluding carboxylic acids is 2. The van der Waals surface area contributed by atoms with Crippen LogP contribution in [0.2, 0.25) is 5.02 Å². The van der Waals surface area contributed by atoms with Crippen molar-refractivity contribution in [3.05, 3.63) is 34.6 Å². The summed E-state index contributed by atoms with van der Waals surface area (Å²) in [5.74, 6) is -0.247. The first-order chi connectivity index (χ1) is 20.6. The lowest BCUT2D eigenvalue weighted by Gasteiger charge is -2.40. The Kier molecular flexibility index (Phi) is 13.2. The highest BCUT2D eigenvalue weighted by Crippen LogP contribution is 2.37. The van der Waals surface area contributed by atoms with Crippen LogP contribution in [-0.4, -0.2) is 76.6 Å². The lowest BCUT2D eigenvalue weighted by Crippen LogP contribution is -2.57. The van der Waals surface area contributed by atoms with Crippen LogP contribution in [0.15, 0.2) is 18.3 Å². The molecule has 1 aromatic carbocycles. The first kappa shape index (κ1) is 36.9. The molecule has 5 N–H and O–H groups in total. The summed E-state index contributed by atoms with van der Waals surface area (Å²) in [4.78, 5) is 35.4. The van der Waals surface area contributed by atoms with Crippen molar-refractivity contribution in [2.45, 2.75) is 45.4 Å². The second kappa shape index (κ2) is 16.2. The highest BCUT2D eigenvalue weighted by atomic mass is 35.5. The van der Waals surface area contributed by atoms with E-state index in [4.69, 9.17) is 26.8 Å². The molecule has 3 aromatic rings. The van der Waals surface area contributed by atoms with Crippen molar-refractivity contribution in [3.63, 3.8) is 0 Å². The second-order valence-electron chi connectivity index (χ2n) is 10.1. The van der Waals surface area contributed by atoms with Crippen LogP contribution in [0.25, 0.3) is 5.65 Å². The number of hydrogen-bond donors (Lipinski definition) is 4. The summed E-state index contributed by atoms with van der Waals surface area (Å²) >= 11 is 6.89. The van der Waals surface area contributed by atoms with Gasteiger partial charge in [-0.05, 0) is 31.4 Å². The van der Waals surface area contributed by atoms with Crippen molar-refractivity contribution in [3.8, 4) is 12.1 Å². The number of nitrogens with one attached hydrogen (secondary N) is 3. The third-order valence-electron chi connectivity index (χ3n) is 6.90. The number of amides is 1. The number of fused-ring (bicyclic) bond motifs is 1. The highest BCUT2D eigenvalue weighted by molar-refractivity contribution is 6.36. The van der Waals surface area contributed by atoms with E-state index in [0.717, 1.165) is 0 Å². The number of rotatable bonds is 9. The number of imidazole rings is 1. The van der Waals surface area contributed by atoms with Crippen LogP contribution < -0.4 is 26.6 Å². The summed E-state index contributed by atoms with van der Waals surface area (Å²) in [6, 6.07) is 5.96. The Balaban J connectivity index is 0.00000353. The zero-order chi connectivity index (χ0) is 31.3. The topological polar surface area (TPSA) is 209 Å². The normalized spacial score (nSPS) is 16.3. The highest BCUT2D eigenvalue weighted by Gasteiger charge is 2.36. The fourth-order valence-electron chi connectivity index (χ4n) is 4.54. The number of carbonyl (C=O) groups is 2. The number of nitrogens with zero attached hydrogens (tertiary/aromatic N) is 7. The van der Waals surface area contributed by atoms with Crippen LogP contribution >= 0.6 is 36.4 Å². The Labute approximate surface area is 277 Å². The molecule has 45 heavy (non-hydrogen) atoms. The third kappa shape index (κ3) is 8.26. The Hall–Kier alpha value is -4.28. The summed E-state index contributed by atoms with van der Waals surface area (Å²) in [5, 5.41) is 32.9. The SMILES string of the molecule is CCNc1nc(Nc2cc(C#N)cc(N3CC[C@@H](NC(=O)OC)[C@H](OC(=O)C(N)C(C)C)C3)c2Cl)nn2c(C#N)cnc12.Cl.Cl. The monoisotopic (exact) mass is 681 g/mol. The van der Waals surface area contributed by atoms with E-state index in [9.17, 15) is 20.1 Å². The molecule has 2 aromatic heterocycles. The summed E-state index contributed by atoms with van der Waals surface area (Å²) < 4.78 is 11.9. The zero-order valence-corrected chi connectivity index (χ0v) is 27.3. The van der Waals surface area contributed by atoms with Gasteiger partial charge in [0.25, 0.3) is 0 Å². The van der Waals surface area contributed by atoms with Crippen molar-refractivity contribution < 1.29 is 19.1 Å². The molecule has 1 saturated heterocycles. The number of anilines is 4. The summed E-state index contributed by atoms with van der Waals surface area (Å²) in [5.41, 5.74) is 7.72. The van der Waals surface area contributed by atoms with Gasteiger partial charge in [-0.15, -0.1) is 29.9 Å². The van der Waals surface area contributed by atoms with Gasteiger partial charge in [-0.1, -0.05) is 25.4 Å². The fourth-order valence-corrected chi connectivity index (χ4v) is 4.82. The Morgan fingerprint density at radius 2 is 1.98 bits per heavy atom. The Morgan fingerprint density at radius 1 is 1.24 bits per heavy atom. The molecule has 3 atom stereocenters. The number of methoxy groups -OCH3 is 1. The van der Waals surface area contributed by atoms with Crippen LogP contribution in [-0.2, 0) is 14.3 Å². The lowest BCUT2D eigenvalue weighted by molar-refractivity contribution is -0.153. The Morgan fingerprint density at radius 3 is 2.60 bits per heavy atom.